The molecule has 37 heavy (non-hydrogen) atoms. The van der Waals surface area contributed by atoms with Gasteiger partial charge in [0.25, 0.3) is 5.91 Å². The van der Waals surface area contributed by atoms with Crippen LogP contribution in [0.4, 0.5) is 4.39 Å². The molecule has 1 N–H and O–H groups in total. The Kier molecular flexibility index (Phi) is 7.87. The summed E-state index contributed by atoms with van der Waals surface area (Å²) in [6.45, 7) is 2.64. The van der Waals surface area contributed by atoms with Crippen LogP contribution in [-0.2, 0) is 11.2 Å². The van der Waals surface area contributed by atoms with Crippen LogP contribution < -0.4 is 10.1 Å². The molecular weight excluding hydrogens is 491 g/mol. The minimum atomic E-state index is -0.626. The average molecular weight is 521 g/mol. The molecule has 1 heterocycles. The van der Waals surface area contributed by atoms with Gasteiger partial charge in [-0.1, -0.05) is 54.1 Å². The quantitative estimate of drug-likeness (QED) is 0.275. The molecule has 1 atom stereocenters. The zero-order chi connectivity index (χ0) is 25.8. The fourth-order valence-corrected chi connectivity index (χ4v) is 4.94. The number of rotatable bonds is 10. The predicted molar refractivity (Wildman–Crippen MR) is 143 cm³/mol. The minimum absolute atomic E-state index is 0.237. The van der Waals surface area contributed by atoms with E-state index < -0.39 is 11.7 Å². The molecule has 1 amide bonds. The molecule has 7 heteroatoms. The van der Waals surface area contributed by atoms with Crippen molar-refractivity contribution in [3.63, 3.8) is 0 Å². The third-order valence-electron chi connectivity index (χ3n) is 6.84. The fraction of sp³-hybridized carbons (Fsp3) is 0.333. The zero-order valence-corrected chi connectivity index (χ0v) is 21.3. The van der Waals surface area contributed by atoms with Crippen LogP contribution in [-0.4, -0.2) is 48.4 Å². The number of ketones is 1. The number of hydrogen-bond acceptors (Lipinski definition) is 4. The summed E-state index contributed by atoms with van der Waals surface area (Å²) in [5.74, 6) is -0.824. The van der Waals surface area contributed by atoms with Crippen molar-refractivity contribution in [2.24, 2.45) is 0 Å². The molecule has 5 rings (SSSR count). The van der Waals surface area contributed by atoms with E-state index in [1.54, 1.807) is 36.4 Å². The number of nitrogens with one attached hydrogen (secondary N) is 1. The number of halogens is 2. The standard InChI is InChI=1S/C30H30ClFN2O3/c31-27-18-20(3-14-28(27)37-26-12-13-26)17-25(19-34-15-1-2-16-34)33-30(36)29(35)23-6-4-21(5-7-23)22-8-10-24(32)11-9-22/h3-11,14,18,25-26H,1-2,12-13,15-17,19H2,(H,33,36). The second-order valence-corrected chi connectivity index (χ2v) is 10.3. The van der Waals surface area contributed by atoms with Crippen LogP contribution in [0.5, 0.6) is 5.75 Å². The molecule has 2 fully saturated rings. The topological polar surface area (TPSA) is 58.6 Å². The molecule has 1 aliphatic carbocycles. The second kappa shape index (κ2) is 11.4. The summed E-state index contributed by atoms with van der Waals surface area (Å²) >= 11 is 6.46. The molecule has 1 saturated heterocycles. The van der Waals surface area contributed by atoms with Crippen molar-refractivity contribution < 1.29 is 18.7 Å². The normalized spacial score (nSPS) is 16.4. The maximum absolute atomic E-state index is 13.2. The molecule has 0 radical (unpaired) electrons. The highest BCUT2D eigenvalue weighted by Gasteiger charge is 2.26. The summed E-state index contributed by atoms with van der Waals surface area (Å²) < 4.78 is 19.1. The molecule has 0 spiro atoms. The predicted octanol–water partition coefficient (Wildman–Crippen LogP) is 5.69. The van der Waals surface area contributed by atoms with Crippen LogP contribution in [0, 0.1) is 5.82 Å². The van der Waals surface area contributed by atoms with Crippen LogP contribution in [0.2, 0.25) is 5.02 Å². The Balaban J connectivity index is 1.26. The third kappa shape index (κ3) is 6.76. The Morgan fingerprint density at radius 3 is 2.24 bits per heavy atom. The van der Waals surface area contributed by atoms with Gasteiger partial charge in [-0.25, -0.2) is 4.39 Å². The molecule has 1 saturated carbocycles. The highest BCUT2D eigenvalue weighted by molar-refractivity contribution is 6.42. The Bertz CT molecular complexity index is 1250. The first-order valence-corrected chi connectivity index (χ1v) is 13.2. The number of carbonyl (C=O) groups is 2. The molecule has 1 aliphatic heterocycles. The molecule has 192 valence electrons. The number of benzene rings is 3. The van der Waals surface area contributed by atoms with Crippen LogP contribution in [0.15, 0.2) is 66.7 Å². The van der Waals surface area contributed by atoms with Gasteiger partial charge < -0.3 is 15.0 Å². The van der Waals surface area contributed by atoms with Crippen molar-refractivity contribution in [1.29, 1.82) is 0 Å². The van der Waals surface area contributed by atoms with Crippen LogP contribution in [0.3, 0.4) is 0 Å². The highest BCUT2D eigenvalue weighted by atomic mass is 35.5. The number of hydrogen-bond donors (Lipinski definition) is 1. The Morgan fingerprint density at radius 2 is 1.62 bits per heavy atom. The SMILES string of the molecule is O=C(NC(Cc1ccc(OC2CC2)c(Cl)c1)CN1CCCC1)C(=O)c1ccc(-c2ccc(F)cc2)cc1. The summed E-state index contributed by atoms with van der Waals surface area (Å²) in [6, 6.07) is 18.5. The Labute approximate surface area is 221 Å². The Hall–Kier alpha value is -3.22. The summed E-state index contributed by atoms with van der Waals surface area (Å²) in [7, 11) is 0. The maximum atomic E-state index is 13.2. The van der Waals surface area contributed by atoms with Crippen LogP contribution >= 0.6 is 11.6 Å². The lowest BCUT2D eigenvalue weighted by atomic mass is 10.0. The van der Waals surface area contributed by atoms with Gasteiger partial charge in [-0.05, 0) is 86.1 Å². The molecule has 3 aromatic carbocycles. The van der Waals surface area contributed by atoms with Crippen molar-refractivity contribution in [2.75, 3.05) is 19.6 Å². The lowest BCUT2D eigenvalue weighted by molar-refractivity contribution is -0.117. The van der Waals surface area contributed by atoms with Gasteiger partial charge in [-0.3, -0.25) is 9.59 Å². The molecule has 1 unspecified atom stereocenters. The average Bonchev–Trinajstić information content (AvgIpc) is 3.58. The van der Waals surface area contributed by atoms with Crippen LogP contribution in [0.1, 0.15) is 41.6 Å². The lowest BCUT2D eigenvalue weighted by Crippen LogP contribution is -2.46. The summed E-state index contributed by atoms with van der Waals surface area (Å²) in [6.07, 6.45) is 5.22. The summed E-state index contributed by atoms with van der Waals surface area (Å²) in [4.78, 5) is 28.3. The first-order chi connectivity index (χ1) is 17.9. The molecule has 5 nitrogen and oxygen atoms in total. The molecular formula is C30H30ClFN2O3. The number of likely N-dealkylation sites (tertiary alicyclic amines) is 1. The number of Topliss-reactive ketones (excluding diaryl/α,β-unsaturated/α-hetero) is 1. The zero-order valence-electron chi connectivity index (χ0n) is 20.6. The lowest BCUT2D eigenvalue weighted by Gasteiger charge is -2.24. The van der Waals surface area contributed by atoms with Crippen molar-refractivity contribution in [3.05, 3.63) is 88.7 Å². The van der Waals surface area contributed by atoms with Gasteiger partial charge in [0.1, 0.15) is 11.6 Å². The summed E-state index contributed by atoms with van der Waals surface area (Å²) in [5, 5.41) is 3.54. The summed E-state index contributed by atoms with van der Waals surface area (Å²) in [5.41, 5.74) is 2.97. The van der Waals surface area contributed by atoms with Crippen molar-refractivity contribution >= 4 is 23.3 Å². The fourth-order valence-electron chi connectivity index (χ4n) is 4.69. The smallest absolute Gasteiger partial charge is 0.292 e. The van der Waals surface area contributed by atoms with E-state index in [0.717, 1.165) is 55.5 Å². The van der Waals surface area contributed by atoms with E-state index in [2.05, 4.69) is 10.2 Å². The molecule has 2 aliphatic rings. The van der Waals surface area contributed by atoms with E-state index in [9.17, 15) is 14.0 Å². The van der Waals surface area contributed by atoms with E-state index in [-0.39, 0.29) is 18.0 Å². The van der Waals surface area contributed by atoms with Crippen molar-refractivity contribution in [3.8, 4) is 16.9 Å². The van der Waals surface area contributed by atoms with E-state index in [1.807, 2.05) is 18.2 Å². The Morgan fingerprint density at radius 1 is 0.973 bits per heavy atom. The highest BCUT2D eigenvalue weighted by Crippen LogP contribution is 2.32. The molecule has 3 aromatic rings. The largest absolute Gasteiger partial charge is 0.489 e. The molecule has 0 bridgehead atoms. The van der Waals surface area contributed by atoms with E-state index in [0.29, 0.717) is 29.3 Å². The second-order valence-electron chi connectivity index (χ2n) is 9.88. The van der Waals surface area contributed by atoms with Gasteiger partial charge in [-0.2, -0.15) is 0 Å². The first-order valence-electron chi connectivity index (χ1n) is 12.8. The first kappa shape index (κ1) is 25.4. The number of ether oxygens (including phenoxy) is 1. The van der Waals surface area contributed by atoms with Gasteiger partial charge in [0, 0.05) is 18.2 Å². The van der Waals surface area contributed by atoms with Gasteiger partial charge in [0.15, 0.2) is 0 Å². The van der Waals surface area contributed by atoms with E-state index in [1.165, 1.54) is 12.1 Å². The number of amides is 1. The van der Waals surface area contributed by atoms with Gasteiger partial charge in [0.2, 0.25) is 5.78 Å². The van der Waals surface area contributed by atoms with Gasteiger partial charge >= 0.3 is 0 Å². The number of nitrogens with zero attached hydrogens (tertiary/aromatic N) is 1. The monoisotopic (exact) mass is 520 g/mol. The molecule has 0 aromatic heterocycles. The van der Waals surface area contributed by atoms with Crippen LogP contribution in [0.25, 0.3) is 11.1 Å². The third-order valence-corrected chi connectivity index (χ3v) is 7.14. The van der Waals surface area contributed by atoms with E-state index in [4.69, 9.17) is 16.3 Å². The van der Waals surface area contributed by atoms with E-state index >= 15 is 0 Å². The van der Waals surface area contributed by atoms with Gasteiger partial charge in [-0.15, -0.1) is 0 Å². The number of carbonyl (C=O) groups excluding carboxylic acids is 2. The minimum Gasteiger partial charge on any atom is -0.489 e. The van der Waals surface area contributed by atoms with Crippen molar-refractivity contribution in [1.82, 2.24) is 10.2 Å². The van der Waals surface area contributed by atoms with Gasteiger partial charge in [0.05, 0.1) is 11.1 Å². The van der Waals surface area contributed by atoms with Crippen molar-refractivity contribution in [2.45, 2.75) is 44.2 Å². The maximum Gasteiger partial charge on any atom is 0.292 e.